The molecule has 0 saturated heterocycles. The van der Waals surface area contributed by atoms with E-state index in [0.29, 0.717) is 0 Å². The lowest BCUT2D eigenvalue weighted by Crippen LogP contribution is -2.08. The molecule has 0 spiro atoms. The van der Waals surface area contributed by atoms with Crippen molar-refractivity contribution >= 4 is 7.60 Å². The van der Waals surface area contributed by atoms with Crippen LogP contribution in [0.3, 0.4) is 0 Å². The zero-order valence-corrected chi connectivity index (χ0v) is 4.93. The lowest BCUT2D eigenvalue weighted by Gasteiger charge is -2.09. The molecular weight excluding hydrogens is 155 g/mol. The van der Waals surface area contributed by atoms with Crippen LogP contribution in [0.5, 0.6) is 0 Å². The summed E-state index contributed by atoms with van der Waals surface area (Å²) in [5.41, 5.74) is 0. The fourth-order valence-corrected chi connectivity index (χ4v) is 0.298. The number of aliphatic hydroxyl groups is 2. The van der Waals surface area contributed by atoms with E-state index in [-0.39, 0.29) is 0 Å². The van der Waals surface area contributed by atoms with Crippen LogP contribution in [0.1, 0.15) is 0 Å². The molecule has 0 amide bonds. The van der Waals surface area contributed by atoms with Gasteiger partial charge in [0.05, 0.1) is 0 Å². The van der Waals surface area contributed by atoms with Gasteiger partial charge in [-0.15, -0.1) is 9.35 Å². The summed E-state index contributed by atoms with van der Waals surface area (Å²) in [6.07, 6.45) is 0. The normalized spacial score (nSPS) is 12.6. The van der Waals surface area contributed by atoms with Gasteiger partial charge in [0.1, 0.15) is 0 Å². The SMILES string of the molecule is O=P(OO)(OO)C(O)O. The molecule has 0 bridgehead atoms. The number of rotatable bonds is 3. The standard InChI is InChI=1S/CH5O7P/c2-1(3)9(6,7-4)8-5/h1-5H. The first-order chi connectivity index (χ1) is 4.06. The third-order valence-corrected chi connectivity index (χ3v) is 1.53. The van der Waals surface area contributed by atoms with Gasteiger partial charge in [0.15, 0.2) is 0 Å². The molecule has 7 nitrogen and oxygen atoms in total. The molecule has 0 aromatic rings. The minimum absolute atomic E-state index is 2.56. The highest BCUT2D eigenvalue weighted by Gasteiger charge is 2.34. The maximum atomic E-state index is 10.2. The predicted octanol–water partition coefficient (Wildman–Crippen LogP) is -0.573. The smallest absolute Gasteiger partial charge is 0.358 e. The number of hydrogen-bond acceptors (Lipinski definition) is 7. The monoisotopic (exact) mass is 160 g/mol. The van der Waals surface area contributed by atoms with Gasteiger partial charge < -0.3 is 10.2 Å². The maximum absolute atomic E-state index is 10.2. The molecule has 0 heterocycles. The van der Waals surface area contributed by atoms with Crippen molar-refractivity contribution in [3.05, 3.63) is 0 Å². The molecule has 0 radical (unpaired) electrons. The Balaban J connectivity index is 4.11. The zero-order chi connectivity index (χ0) is 7.49. The number of aliphatic hydroxyl groups excluding tert-OH is 1. The van der Waals surface area contributed by atoms with E-state index in [1.807, 2.05) is 0 Å². The Morgan fingerprint density at radius 3 is 1.56 bits per heavy atom. The van der Waals surface area contributed by atoms with E-state index < -0.39 is 13.6 Å². The summed E-state index contributed by atoms with van der Waals surface area (Å²) < 4.78 is 16.1. The van der Waals surface area contributed by atoms with E-state index in [1.165, 1.54) is 0 Å². The fourth-order valence-electron chi connectivity index (χ4n) is 0.0992. The van der Waals surface area contributed by atoms with Crippen LogP contribution in [-0.4, -0.2) is 26.8 Å². The molecule has 0 aromatic carbocycles. The summed E-state index contributed by atoms with van der Waals surface area (Å²) in [6, 6.07) is -2.56. The van der Waals surface area contributed by atoms with Crippen LogP contribution in [0.15, 0.2) is 0 Å². The molecule has 0 aliphatic rings. The van der Waals surface area contributed by atoms with Gasteiger partial charge in [0, 0.05) is 0 Å². The van der Waals surface area contributed by atoms with Crippen molar-refractivity contribution in [1.82, 2.24) is 0 Å². The van der Waals surface area contributed by atoms with E-state index in [1.54, 1.807) is 0 Å². The Bertz CT molecular complexity index is 110. The minimum atomic E-state index is -4.53. The Morgan fingerprint density at radius 1 is 1.22 bits per heavy atom. The minimum Gasteiger partial charge on any atom is -0.358 e. The fraction of sp³-hybridized carbons (Fsp3) is 1.00. The van der Waals surface area contributed by atoms with Crippen molar-refractivity contribution in [2.24, 2.45) is 0 Å². The molecule has 56 valence electrons. The summed E-state index contributed by atoms with van der Waals surface area (Å²) in [5.74, 6) is 0. The van der Waals surface area contributed by atoms with Gasteiger partial charge in [-0.3, -0.25) is 0 Å². The maximum Gasteiger partial charge on any atom is 0.439 e. The topological polar surface area (TPSA) is 116 Å². The van der Waals surface area contributed by atoms with Gasteiger partial charge in [-0.2, -0.15) is 0 Å². The van der Waals surface area contributed by atoms with Gasteiger partial charge in [-0.25, -0.2) is 15.1 Å². The molecule has 0 aliphatic heterocycles. The highest BCUT2D eigenvalue weighted by atomic mass is 31.2. The van der Waals surface area contributed by atoms with Gasteiger partial charge >= 0.3 is 7.60 Å². The lowest BCUT2D eigenvalue weighted by molar-refractivity contribution is -0.224. The van der Waals surface area contributed by atoms with Crippen LogP contribution < -0.4 is 0 Å². The molecule has 0 atom stereocenters. The number of hydrogen-bond donors (Lipinski definition) is 4. The molecule has 0 unspecified atom stereocenters. The highest BCUT2D eigenvalue weighted by Crippen LogP contribution is 2.48. The first kappa shape index (κ1) is 8.99. The summed E-state index contributed by atoms with van der Waals surface area (Å²) in [6.45, 7) is 0. The molecule has 9 heavy (non-hydrogen) atoms. The Morgan fingerprint density at radius 2 is 1.56 bits per heavy atom. The quantitative estimate of drug-likeness (QED) is 0.189. The second-order valence-corrected chi connectivity index (χ2v) is 2.92. The van der Waals surface area contributed by atoms with Gasteiger partial charge in [-0.05, 0) is 0 Å². The van der Waals surface area contributed by atoms with E-state index in [4.69, 9.17) is 20.7 Å². The largest absolute Gasteiger partial charge is 0.439 e. The predicted molar refractivity (Wildman–Crippen MR) is 23.3 cm³/mol. The van der Waals surface area contributed by atoms with Crippen LogP contribution in [-0.2, 0) is 13.9 Å². The van der Waals surface area contributed by atoms with Gasteiger partial charge in [-0.1, -0.05) is 0 Å². The summed E-state index contributed by atoms with van der Waals surface area (Å²) >= 11 is 0. The molecular formula is CH5O7P. The second kappa shape index (κ2) is 3.23. The Hall–Kier alpha value is -0.0100. The van der Waals surface area contributed by atoms with E-state index in [9.17, 15) is 4.57 Å². The summed E-state index contributed by atoms with van der Waals surface area (Å²) in [7, 11) is -4.53. The van der Waals surface area contributed by atoms with Crippen molar-refractivity contribution < 1.29 is 34.6 Å². The third kappa shape index (κ3) is 1.99. The molecule has 4 N–H and O–H groups in total. The van der Waals surface area contributed by atoms with Crippen molar-refractivity contribution in [2.45, 2.75) is 6.03 Å². The van der Waals surface area contributed by atoms with Crippen LogP contribution in [0.4, 0.5) is 0 Å². The Kier molecular flexibility index (Phi) is 3.23. The first-order valence-electron chi connectivity index (χ1n) is 1.69. The van der Waals surface area contributed by atoms with Crippen LogP contribution >= 0.6 is 7.60 Å². The zero-order valence-electron chi connectivity index (χ0n) is 4.04. The van der Waals surface area contributed by atoms with Gasteiger partial charge in [0.2, 0.25) is 0 Å². The lowest BCUT2D eigenvalue weighted by atomic mass is 11.5. The van der Waals surface area contributed by atoms with E-state index in [0.717, 1.165) is 0 Å². The average Bonchev–Trinajstić information content (AvgIpc) is 1.86. The molecule has 0 saturated carbocycles. The van der Waals surface area contributed by atoms with Crippen molar-refractivity contribution in [2.75, 3.05) is 0 Å². The summed E-state index contributed by atoms with van der Waals surface area (Å²) in [5, 5.41) is 31.2. The first-order valence-corrected chi connectivity index (χ1v) is 3.30. The average molecular weight is 160 g/mol. The molecule has 0 aliphatic carbocycles. The molecule has 0 fully saturated rings. The van der Waals surface area contributed by atoms with E-state index >= 15 is 0 Å². The van der Waals surface area contributed by atoms with Crippen LogP contribution in [0.25, 0.3) is 0 Å². The van der Waals surface area contributed by atoms with Crippen molar-refractivity contribution in [3.63, 3.8) is 0 Å². The van der Waals surface area contributed by atoms with E-state index in [2.05, 4.69) is 9.35 Å². The van der Waals surface area contributed by atoms with Crippen LogP contribution in [0.2, 0.25) is 0 Å². The molecule has 0 aromatic heterocycles. The summed E-state index contributed by atoms with van der Waals surface area (Å²) in [4.78, 5) is 0. The van der Waals surface area contributed by atoms with Crippen molar-refractivity contribution in [1.29, 1.82) is 0 Å². The Labute approximate surface area is 49.5 Å². The molecule has 8 heteroatoms. The second-order valence-electron chi connectivity index (χ2n) is 1.05. The highest BCUT2D eigenvalue weighted by molar-refractivity contribution is 7.53. The van der Waals surface area contributed by atoms with Crippen LogP contribution in [0, 0.1) is 0 Å². The van der Waals surface area contributed by atoms with Crippen molar-refractivity contribution in [3.8, 4) is 0 Å². The third-order valence-electron chi connectivity index (χ3n) is 0.510. The molecule has 0 rings (SSSR count). The van der Waals surface area contributed by atoms with Gasteiger partial charge in [0.25, 0.3) is 6.03 Å².